The summed E-state index contributed by atoms with van der Waals surface area (Å²) in [6.07, 6.45) is 4.06. The van der Waals surface area contributed by atoms with Crippen molar-refractivity contribution in [3.8, 4) is 0 Å². The maximum Gasteiger partial charge on any atom is 0.280 e. The van der Waals surface area contributed by atoms with Gasteiger partial charge in [-0.15, -0.1) is 5.10 Å². The Labute approximate surface area is 142 Å². The summed E-state index contributed by atoms with van der Waals surface area (Å²) in [4.78, 5) is 26.0. The Bertz CT molecular complexity index is 717. The summed E-state index contributed by atoms with van der Waals surface area (Å²) in [5.41, 5.74) is 0.147. The van der Waals surface area contributed by atoms with E-state index in [-0.39, 0.29) is 29.9 Å². The molecule has 0 aliphatic heterocycles. The molecular formula is C16H17FN4O2S. The highest BCUT2D eigenvalue weighted by Gasteiger charge is 2.26. The number of carbonyl (C=O) groups excluding carboxylic acids is 2. The van der Waals surface area contributed by atoms with E-state index < -0.39 is 11.7 Å². The quantitative estimate of drug-likeness (QED) is 0.900. The molecule has 1 aromatic carbocycles. The number of carbonyl (C=O) groups is 2. The molecule has 1 aliphatic carbocycles. The number of halogens is 1. The predicted molar refractivity (Wildman–Crippen MR) is 88.4 cm³/mol. The number of hydrogen-bond acceptors (Lipinski definition) is 5. The molecule has 1 aliphatic rings. The molecule has 1 fully saturated rings. The number of benzene rings is 1. The molecule has 126 valence electrons. The standard InChI is InChI=1S/C16H17FN4O2S/c17-12-7-3-4-8-14(12)21(16(23)13-10-24-20-19-13)9-15(22)18-11-5-1-2-6-11/h3-4,7-8,10-11H,1-2,5-6,9H2,(H,18,22). The normalized spacial score (nSPS) is 14.5. The molecule has 3 rings (SSSR count). The van der Waals surface area contributed by atoms with Crippen molar-refractivity contribution >= 4 is 29.0 Å². The number of anilines is 1. The first-order chi connectivity index (χ1) is 11.6. The van der Waals surface area contributed by atoms with E-state index >= 15 is 0 Å². The first-order valence-corrected chi connectivity index (χ1v) is 8.61. The Balaban J connectivity index is 1.80. The fourth-order valence-electron chi connectivity index (χ4n) is 2.82. The third-order valence-corrected chi connectivity index (χ3v) is 4.49. The largest absolute Gasteiger partial charge is 0.352 e. The number of para-hydroxylation sites is 1. The van der Waals surface area contributed by atoms with Crippen LogP contribution in [0.2, 0.25) is 0 Å². The summed E-state index contributed by atoms with van der Waals surface area (Å²) >= 11 is 1.03. The van der Waals surface area contributed by atoms with Gasteiger partial charge in [-0.25, -0.2) is 4.39 Å². The Kier molecular flexibility index (Phi) is 5.14. The summed E-state index contributed by atoms with van der Waals surface area (Å²) in [5.74, 6) is -1.42. The van der Waals surface area contributed by atoms with Gasteiger partial charge in [-0.3, -0.25) is 14.5 Å². The van der Waals surface area contributed by atoms with Crippen LogP contribution in [0.25, 0.3) is 0 Å². The average Bonchev–Trinajstić information content (AvgIpc) is 3.26. The molecule has 0 spiro atoms. The Morgan fingerprint density at radius 2 is 2.04 bits per heavy atom. The number of nitrogens with one attached hydrogen (secondary N) is 1. The van der Waals surface area contributed by atoms with Crippen LogP contribution in [-0.2, 0) is 4.79 Å². The van der Waals surface area contributed by atoms with Crippen LogP contribution in [0.3, 0.4) is 0 Å². The highest BCUT2D eigenvalue weighted by molar-refractivity contribution is 7.03. The number of amides is 2. The Morgan fingerprint density at radius 1 is 1.29 bits per heavy atom. The first kappa shape index (κ1) is 16.5. The van der Waals surface area contributed by atoms with Gasteiger partial charge in [-0.2, -0.15) is 0 Å². The molecule has 2 amide bonds. The SMILES string of the molecule is O=C(CN(C(=O)c1csnn1)c1ccccc1F)NC1CCCC1. The van der Waals surface area contributed by atoms with Gasteiger partial charge in [-0.05, 0) is 36.5 Å². The van der Waals surface area contributed by atoms with Crippen molar-refractivity contribution in [3.05, 3.63) is 41.2 Å². The van der Waals surface area contributed by atoms with E-state index in [1.165, 1.54) is 23.6 Å². The van der Waals surface area contributed by atoms with Crippen LogP contribution in [0.1, 0.15) is 36.2 Å². The molecule has 0 radical (unpaired) electrons. The average molecular weight is 348 g/mol. The van der Waals surface area contributed by atoms with Crippen molar-refractivity contribution < 1.29 is 14.0 Å². The molecule has 1 heterocycles. The first-order valence-electron chi connectivity index (χ1n) is 7.78. The Hall–Kier alpha value is -2.35. The van der Waals surface area contributed by atoms with E-state index in [2.05, 4.69) is 14.9 Å². The fraction of sp³-hybridized carbons (Fsp3) is 0.375. The molecular weight excluding hydrogens is 331 g/mol. The van der Waals surface area contributed by atoms with Crippen molar-refractivity contribution in [3.63, 3.8) is 0 Å². The highest BCUT2D eigenvalue weighted by atomic mass is 32.1. The number of hydrogen-bond donors (Lipinski definition) is 1. The van der Waals surface area contributed by atoms with E-state index in [1.807, 2.05) is 0 Å². The molecule has 2 aromatic rings. The summed E-state index contributed by atoms with van der Waals surface area (Å²) in [6.45, 7) is -0.256. The van der Waals surface area contributed by atoms with Gasteiger partial charge in [0.15, 0.2) is 5.69 Å². The number of rotatable bonds is 5. The van der Waals surface area contributed by atoms with Crippen LogP contribution in [0.4, 0.5) is 10.1 Å². The minimum absolute atomic E-state index is 0.0528. The summed E-state index contributed by atoms with van der Waals surface area (Å²) in [5, 5.41) is 8.11. The number of aromatic nitrogens is 2. The van der Waals surface area contributed by atoms with E-state index in [0.717, 1.165) is 42.1 Å². The zero-order chi connectivity index (χ0) is 16.9. The van der Waals surface area contributed by atoms with E-state index in [4.69, 9.17) is 0 Å². The van der Waals surface area contributed by atoms with Gasteiger partial charge in [0, 0.05) is 11.4 Å². The van der Waals surface area contributed by atoms with E-state index in [9.17, 15) is 14.0 Å². The molecule has 0 bridgehead atoms. The van der Waals surface area contributed by atoms with Crippen LogP contribution in [0.5, 0.6) is 0 Å². The summed E-state index contributed by atoms with van der Waals surface area (Å²) < 4.78 is 17.8. The Morgan fingerprint density at radius 3 is 2.71 bits per heavy atom. The smallest absolute Gasteiger partial charge is 0.280 e. The van der Waals surface area contributed by atoms with Crippen molar-refractivity contribution in [2.75, 3.05) is 11.4 Å². The zero-order valence-corrected chi connectivity index (χ0v) is 13.8. The van der Waals surface area contributed by atoms with Gasteiger partial charge in [0.2, 0.25) is 5.91 Å². The van der Waals surface area contributed by atoms with E-state index in [1.54, 1.807) is 6.07 Å². The van der Waals surface area contributed by atoms with Gasteiger partial charge in [0.05, 0.1) is 5.69 Å². The van der Waals surface area contributed by atoms with Gasteiger partial charge >= 0.3 is 0 Å². The lowest BCUT2D eigenvalue weighted by atomic mass is 10.2. The lowest BCUT2D eigenvalue weighted by Gasteiger charge is -2.23. The van der Waals surface area contributed by atoms with Crippen LogP contribution in [0.15, 0.2) is 29.6 Å². The lowest BCUT2D eigenvalue weighted by Crippen LogP contribution is -2.44. The molecule has 24 heavy (non-hydrogen) atoms. The fourth-order valence-corrected chi connectivity index (χ4v) is 3.25. The molecule has 1 saturated carbocycles. The second kappa shape index (κ2) is 7.48. The summed E-state index contributed by atoms with van der Waals surface area (Å²) in [7, 11) is 0. The molecule has 8 heteroatoms. The van der Waals surface area contributed by atoms with Crippen LogP contribution in [-0.4, -0.2) is 34.0 Å². The monoisotopic (exact) mass is 348 g/mol. The van der Waals surface area contributed by atoms with Gasteiger partial charge < -0.3 is 5.32 Å². The predicted octanol–water partition coefficient (Wildman–Crippen LogP) is 2.38. The second-order valence-corrected chi connectivity index (χ2v) is 6.29. The molecule has 1 N–H and O–H groups in total. The van der Waals surface area contributed by atoms with Gasteiger partial charge in [-0.1, -0.05) is 29.5 Å². The molecule has 0 atom stereocenters. The second-order valence-electron chi connectivity index (χ2n) is 5.68. The number of nitrogens with zero attached hydrogens (tertiary/aromatic N) is 3. The third-order valence-electron chi connectivity index (χ3n) is 3.99. The zero-order valence-electron chi connectivity index (χ0n) is 12.9. The summed E-state index contributed by atoms with van der Waals surface area (Å²) in [6, 6.07) is 6.01. The van der Waals surface area contributed by atoms with Gasteiger partial charge in [0.1, 0.15) is 12.4 Å². The van der Waals surface area contributed by atoms with Crippen molar-refractivity contribution in [2.24, 2.45) is 0 Å². The van der Waals surface area contributed by atoms with Crippen molar-refractivity contribution in [1.29, 1.82) is 0 Å². The van der Waals surface area contributed by atoms with Crippen LogP contribution < -0.4 is 10.2 Å². The van der Waals surface area contributed by atoms with Gasteiger partial charge in [0.25, 0.3) is 5.91 Å². The minimum Gasteiger partial charge on any atom is -0.352 e. The highest BCUT2D eigenvalue weighted by Crippen LogP contribution is 2.21. The molecule has 0 unspecified atom stereocenters. The lowest BCUT2D eigenvalue weighted by molar-refractivity contribution is -0.120. The van der Waals surface area contributed by atoms with Crippen molar-refractivity contribution in [1.82, 2.24) is 14.9 Å². The maximum absolute atomic E-state index is 14.1. The molecule has 0 saturated heterocycles. The topological polar surface area (TPSA) is 75.2 Å². The van der Waals surface area contributed by atoms with E-state index in [0.29, 0.717) is 0 Å². The third kappa shape index (κ3) is 3.76. The van der Waals surface area contributed by atoms with Crippen LogP contribution in [0, 0.1) is 5.82 Å². The minimum atomic E-state index is -0.567. The van der Waals surface area contributed by atoms with Crippen LogP contribution >= 0.6 is 11.5 Å². The molecule has 1 aromatic heterocycles. The molecule has 6 nitrogen and oxygen atoms in total. The van der Waals surface area contributed by atoms with Crippen molar-refractivity contribution in [2.45, 2.75) is 31.7 Å². The maximum atomic E-state index is 14.1.